The summed E-state index contributed by atoms with van der Waals surface area (Å²) >= 11 is 5.88. The molecule has 1 N–H and O–H groups in total. The van der Waals surface area contributed by atoms with E-state index in [4.69, 9.17) is 16.1 Å². The van der Waals surface area contributed by atoms with Gasteiger partial charge >= 0.3 is 6.03 Å². The van der Waals surface area contributed by atoms with Crippen LogP contribution in [-0.4, -0.2) is 34.2 Å². The first-order valence-electron chi connectivity index (χ1n) is 7.33. The van der Waals surface area contributed by atoms with Gasteiger partial charge in [0, 0.05) is 23.7 Å². The first kappa shape index (κ1) is 14.8. The quantitative estimate of drug-likeness (QED) is 0.942. The summed E-state index contributed by atoms with van der Waals surface area (Å²) in [5, 5.41) is 7.49. The van der Waals surface area contributed by atoms with Crippen LogP contribution in [0, 0.1) is 0 Å². The normalized spacial score (nSPS) is 17.7. The van der Waals surface area contributed by atoms with Crippen LogP contribution in [-0.2, 0) is 0 Å². The molecule has 1 fully saturated rings. The standard InChI is InChI=1S/C15H17ClN4O2/c1-2-17-15(21)20-9-3-4-12(20)14-18-13(19-22-14)10-5-7-11(16)8-6-10/h5-8,12H,2-4,9H2,1H3,(H,17,21)/t12-/m1/s1. The van der Waals surface area contributed by atoms with Gasteiger partial charge in [0.25, 0.3) is 0 Å². The number of urea groups is 1. The summed E-state index contributed by atoms with van der Waals surface area (Å²) in [7, 11) is 0. The van der Waals surface area contributed by atoms with Crippen LogP contribution in [0.4, 0.5) is 4.79 Å². The Morgan fingerprint density at radius 1 is 1.45 bits per heavy atom. The first-order valence-corrected chi connectivity index (χ1v) is 7.71. The molecule has 0 radical (unpaired) electrons. The number of hydrogen-bond donors (Lipinski definition) is 1. The molecule has 0 bridgehead atoms. The van der Waals surface area contributed by atoms with Gasteiger partial charge in [0.15, 0.2) is 0 Å². The molecule has 0 saturated carbocycles. The molecule has 3 rings (SSSR count). The SMILES string of the molecule is CCNC(=O)N1CCC[C@@H]1c1nc(-c2ccc(Cl)cc2)no1. The van der Waals surface area contributed by atoms with E-state index in [1.165, 1.54) is 0 Å². The van der Waals surface area contributed by atoms with Crippen molar-refractivity contribution in [3.8, 4) is 11.4 Å². The van der Waals surface area contributed by atoms with Gasteiger partial charge in [-0.15, -0.1) is 0 Å². The second kappa shape index (κ2) is 6.36. The predicted molar refractivity (Wildman–Crippen MR) is 82.5 cm³/mol. The van der Waals surface area contributed by atoms with E-state index in [1.54, 1.807) is 17.0 Å². The van der Waals surface area contributed by atoms with Crippen molar-refractivity contribution in [3.63, 3.8) is 0 Å². The highest BCUT2D eigenvalue weighted by Crippen LogP contribution is 2.32. The second-order valence-electron chi connectivity index (χ2n) is 5.15. The van der Waals surface area contributed by atoms with E-state index in [-0.39, 0.29) is 12.1 Å². The molecule has 22 heavy (non-hydrogen) atoms. The smallest absolute Gasteiger partial charge is 0.318 e. The van der Waals surface area contributed by atoms with Crippen molar-refractivity contribution in [2.75, 3.05) is 13.1 Å². The van der Waals surface area contributed by atoms with Gasteiger partial charge in [-0.25, -0.2) is 4.79 Å². The maximum Gasteiger partial charge on any atom is 0.318 e. The molecule has 2 heterocycles. The number of halogens is 1. The maximum atomic E-state index is 12.1. The van der Waals surface area contributed by atoms with Crippen molar-refractivity contribution < 1.29 is 9.32 Å². The number of likely N-dealkylation sites (tertiary alicyclic amines) is 1. The molecule has 1 atom stereocenters. The minimum absolute atomic E-state index is 0.0868. The van der Waals surface area contributed by atoms with Gasteiger partial charge in [0.2, 0.25) is 11.7 Å². The zero-order valence-electron chi connectivity index (χ0n) is 12.3. The summed E-state index contributed by atoms with van der Waals surface area (Å²) in [6.45, 7) is 3.20. The molecule has 1 aliphatic rings. The average molecular weight is 321 g/mol. The Labute approximate surface area is 133 Å². The molecule has 0 spiro atoms. The fraction of sp³-hybridized carbons (Fsp3) is 0.400. The van der Waals surface area contributed by atoms with Crippen LogP contribution in [0.15, 0.2) is 28.8 Å². The van der Waals surface area contributed by atoms with E-state index in [0.29, 0.717) is 29.8 Å². The summed E-state index contributed by atoms with van der Waals surface area (Å²) < 4.78 is 5.38. The Hall–Kier alpha value is -2.08. The zero-order chi connectivity index (χ0) is 15.5. The lowest BCUT2D eigenvalue weighted by Gasteiger charge is -2.21. The third-order valence-corrected chi connectivity index (χ3v) is 3.92. The number of amides is 2. The van der Waals surface area contributed by atoms with Crippen LogP contribution in [0.5, 0.6) is 0 Å². The molecule has 2 aromatic rings. The Balaban J connectivity index is 1.80. The van der Waals surface area contributed by atoms with Gasteiger partial charge in [0.05, 0.1) is 0 Å². The number of carbonyl (C=O) groups excluding carboxylic acids is 1. The molecule has 1 saturated heterocycles. The van der Waals surface area contributed by atoms with Crippen LogP contribution in [0.1, 0.15) is 31.7 Å². The van der Waals surface area contributed by atoms with Gasteiger partial charge in [-0.2, -0.15) is 4.98 Å². The lowest BCUT2D eigenvalue weighted by atomic mass is 10.2. The van der Waals surface area contributed by atoms with E-state index >= 15 is 0 Å². The van der Waals surface area contributed by atoms with Crippen LogP contribution >= 0.6 is 11.6 Å². The molecule has 6 nitrogen and oxygen atoms in total. The lowest BCUT2D eigenvalue weighted by Crippen LogP contribution is -2.39. The zero-order valence-corrected chi connectivity index (χ0v) is 13.0. The van der Waals surface area contributed by atoms with Gasteiger partial charge in [-0.05, 0) is 44.0 Å². The number of aromatic nitrogens is 2. The molecule has 0 unspecified atom stereocenters. The number of rotatable bonds is 3. The number of carbonyl (C=O) groups is 1. The number of nitrogens with zero attached hydrogens (tertiary/aromatic N) is 3. The molecule has 7 heteroatoms. The highest BCUT2D eigenvalue weighted by Gasteiger charge is 2.33. The van der Waals surface area contributed by atoms with Crippen LogP contribution in [0.25, 0.3) is 11.4 Å². The Kier molecular flexibility index (Phi) is 4.29. The fourth-order valence-electron chi connectivity index (χ4n) is 2.61. The summed E-state index contributed by atoms with van der Waals surface area (Å²) in [4.78, 5) is 18.2. The van der Waals surface area contributed by atoms with Crippen LogP contribution < -0.4 is 5.32 Å². The topological polar surface area (TPSA) is 71.3 Å². The van der Waals surface area contributed by atoms with Crippen molar-refractivity contribution in [2.24, 2.45) is 0 Å². The van der Waals surface area contributed by atoms with Gasteiger partial charge in [0.1, 0.15) is 6.04 Å². The highest BCUT2D eigenvalue weighted by atomic mass is 35.5. The minimum Gasteiger partial charge on any atom is -0.338 e. The van der Waals surface area contributed by atoms with Crippen LogP contribution in [0.3, 0.4) is 0 Å². The lowest BCUT2D eigenvalue weighted by molar-refractivity contribution is 0.181. The van der Waals surface area contributed by atoms with Gasteiger partial charge in [-0.3, -0.25) is 0 Å². The van der Waals surface area contributed by atoms with Gasteiger partial charge < -0.3 is 14.7 Å². The summed E-state index contributed by atoms with van der Waals surface area (Å²) in [5.74, 6) is 0.989. The third kappa shape index (κ3) is 2.92. The predicted octanol–water partition coefficient (Wildman–Crippen LogP) is 3.26. The Bertz CT molecular complexity index is 656. The van der Waals surface area contributed by atoms with E-state index in [9.17, 15) is 4.79 Å². The van der Waals surface area contributed by atoms with Crippen LogP contribution in [0.2, 0.25) is 5.02 Å². The molecule has 116 valence electrons. The average Bonchev–Trinajstić information content (AvgIpc) is 3.17. The molecule has 1 aromatic carbocycles. The second-order valence-corrected chi connectivity index (χ2v) is 5.59. The van der Waals surface area contributed by atoms with Gasteiger partial charge in [-0.1, -0.05) is 16.8 Å². The van der Waals surface area contributed by atoms with Crippen molar-refractivity contribution in [2.45, 2.75) is 25.8 Å². The molecule has 0 aliphatic carbocycles. The van der Waals surface area contributed by atoms with E-state index in [0.717, 1.165) is 18.4 Å². The monoisotopic (exact) mass is 320 g/mol. The summed E-state index contributed by atoms with van der Waals surface area (Å²) in [6.07, 6.45) is 1.76. The minimum atomic E-state index is -0.153. The maximum absolute atomic E-state index is 12.1. The fourth-order valence-corrected chi connectivity index (χ4v) is 2.73. The highest BCUT2D eigenvalue weighted by molar-refractivity contribution is 6.30. The van der Waals surface area contributed by atoms with Crippen molar-refractivity contribution in [3.05, 3.63) is 35.2 Å². The molecule has 1 aliphatic heterocycles. The molecular formula is C15H17ClN4O2. The van der Waals surface area contributed by atoms with E-state index in [2.05, 4.69) is 15.5 Å². The van der Waals surface area contributed by atoms with E-state index < -0.39 is 0 Å². The largest absolute Gasteiger partial charge is 0.338 e. The first-order chi connectivity index (χ1) is 10.7. The Morgan fingerprint density at radius 2 is 2.23 bits per heavy atom. The third-order valence-electron chi connectivity index (χ3n) is 3.67. The van der Waals surface area contributed by atoms with Crippen molar-refractivity contribution >= 4 is 17.6 Å². The molecule has 1 aromatic heterocycles. The Morgan fingerprint density at radius 3 is 2.95 bits per heavy atom. The van der Waals surface area contributed by atoms with Crippen molar-refractivity contribution in [1.82, 2.24) is 20.4 Å². The summed E-state index contributed by atoms with van der Waals surface area (Å²) in [6, 6.07) is 7.00. The molecular weight excluding hydrogens is 304 g/mol. The summed E-state index contributed by atoms with van der Waals surface area (Å²) in [5.41, 5.74) is 0.835. The van der Waals surface area contributed by atoms with E-state index in [1.807, 2.05) is 19.1 Å². The van der Waals surface area contributed by atoms with Crippen molar-refractivity contribution in [1.29, 1.82) is 0 Å². The number of benzene rings is 1. The molecule has 2 amide bonds. The number of hydrogen-bond acceptors (Lipinski definition) is 4. The number of nitrogens with one attached hydrogen (secondary N) is 1.